The number of methoxy groups -OCH3 is 2. The quantitative estimate of drug-likeness (QED) is 0.581. The van der Waals surface area contributed by atoms with Gasteiger partial charge in [0.1, 0.15) is 0 Å². The molecule has 6 heteroatoms. The molecule has 27 heavy (non-hydrogen) atoms. The lowest BCUT2D eigenvalue weighted by molar-refractivity contribution is -0.131. The van der Waals surface area contributed by atoms with Crippen molar-refractivity contribution in [2.24, 2.45) is 0 Å². The van der Waals surface area contributed by atoms with Gasteiger partial charge in [0, 0.05) is 25.9 Å². The van der Waals surface area contributed by atoms with E-state index in [1.165, 1.54) is 0 Å². The zero-order valence-electron chi connectivity index (χ0n) is 15.9. The summed E-state index contributed by atoms with van der Waals surface area (Å²) in [6, 6.07) is 13.8. The third-order valence-electron chi connectivity index (χ3n) is 4.45. The van der Waals surface area contributed by atoms with Crippen LogP contribution in [0.4, 0.5) is 0 Å². The molecule has 142 valence electrons. The van der Waals surface area contributed by atoms with Gasteiger partial charge in [-0.3, -0.25) is 4.79 Å². The number of amides is 1. The molecule has 1 aromatic heterocycles. The average Bonchev–Trinajstić information content (AvgIpc) is 3.13. The molecule has 0 unspecified atom stereocenters. The Bertz CT molecular complexity index is 890. The number of rotatable bonds is 8. The predicted octanol–water partition coefficient (Wildman–Crippen LogP) is 4.29. The molecule has 0 bridgehead atoms. The van der Waals surface area contributed by atoms with Crippen LogP contribution in [0.2, 0.25) is 0 Å². The summed E-state index contributed by atoms with van der Waals surface area (Å²) in [5.41, 5.74) is 2.02. The number of benzene rings is 2. The van der Waals surface area contributed by atoms with Crippen LogP contribution in [0.3, 0.4) is 0 Å². The van der Waals surface area contributed by atoms with Crippen LogP contribution >= 0.6 is 11.3 Å². The molecule has 0 aliphatic rings. The van der Waals surface area contributed by atoms with Crippen LogP contribution in [0, 0.1) is 0 Å². The highest BCUT2D eigenvalue weighted by Gasteiger charge is 2.15. The third kappa shape index (κ3) is 4.57. The van der Waals surface area contributed by atoms with E-state index in [1.54, 1.807) is 25.6 Å². The maximum absolute atomic E-state index is 12.7. The van der Waals surface area contributed by atoms with Crippen molar-refractivity contribution in [2.45, 2.75) is 26.3 Å². The Kier molecular flexibility index (Phi) is 6.29. The van der Waals surface area contributed by atoms with E-state index in [2.05, 4.69) is 11.1 Å². The summed E-state index contributed by atoms with van der Waals surface area (Å²) >= 11 is 1.66. The van der Waals surface area contributed by atoms with Gasteiger partial charge in [-0.2, -0.15) is 0 Å². The van der Waals surface area contributed by atoms with Gasteiger partial charge in [0.15, 0.2) is 11.5 Å². The van der Waals surface area contributed by atoms with Crippen molar-refractivity contribution in [3.8, 4) is 11.5 Å². The molecule has 0 saturated heterocycles. The Morgan fingerprint density at radius 1 is 1.11 bits per heavy atom. The minimum absolute atomic E-state index is 0.131. The summed E-state index contributed by atoms with van der Waals surface area (Å²) in [5, 5.41) is 1.01. The molecular formula is C21H24N2O3S. The average molecular weight is 385 g/mol. The fourth-order valence-electron chi connectivity index (χ4n) is 2.97. The number of ether oxygens (including phenoxy) is 2. The number of fused-ring (bicyclic) bond motifs is 1. The van der Waals surface area contributed by atoms with Crippen molar-refractivity contribution in [1.82, 2.24) is 9.88 Å². The van der Waals surface area contributed by atoms with Crippen LogP contribution in [-0.2, 0) is 17.8 Å². The van der Waals surface area contributed by atoms with Crippen LogP contribution in [0.15, 0.2) is 42.5 Å². The number of para-hydroxylation sites is 1. The summed E-state index contributed by atoms with van der Waals surface area (Å²) < 4.78 is 11.8. The Morgan fingerprint density at radius 2 is 1.89 bits per heavy atom. The van der Waals surface area contributed by atoms with Gasteiger partial charge >= 0.3 is 0 Å². The molecular weight excluding hydrogens is 360 g/mol. The van der Waals surface area contributed by atoms with E-state index in [0.717, 1.165) is 20.8 Å². The Hall–Kier alpha value is -2.60. The molecule has 1 amide bonds. The summed E-state index contributed by atoms with van der Waals surface area (Å²) in [6.07, 6.45) is 1.13. The van der Waals surface area contributed by atoms with Crippen molar-refractivity contribution in [1.29, 1.82) is 0 Å². The number of hydrogen-bond donors (Lipinski definition) is 0. The van der Waals surface area contributed by atoms with Gasteiger partial charge in [-0.05, 0) is 36.8 Å². The van der Waals surface area contributed by atoms with E-state index in [1.807, 2.05) is 48.2 Å². The van der Waals surface area contributed by atoms with E-state index in [0.29, 0.717) is 37.4 Å². The minimum atomic E-state index is 0.131. The van der Waals surface area contributed by atoms with Gasteiger partial charge < -0.3 is 14.4 Å². The molecule has 0 saturated carbocycles. The highest BCUT2D eigenvalue weighted by atomic mass is 32.1. The Balaban J connectivity index is 1.63. The number of thiazole rings is 1. The smallest absolute Gasteiger partial charge is 0.223 e. The van der Waals surface area contributed by atoms with Crippen molar-refractivity contribution in [2.75, 3.05) is 20.8 Å². The molecule has 0 aliphatic heterocycles. The normalized spacial score (nSPS) is 10.8. The molecule has 0 fully saturated rings. The third-order valence-corrected chi connectivity index (χ3v) is 5.54. The van der Waals surface area contributed by atoms with E-state index in [9.17, 15) is 4.79 Å². The number of aryl methyl sites for hydroxylation is 1. The molecule has 3 aromatic rings. The number of aromatic nitrogens is 1. The standard InChI is InChI=1S/C21H24N2O3S/c1-4-23(14-15-9-10-17(25-2)18(13-15)26-3)21(24)12-11-20-22-16-7-5-6-8-19(16)27-20/h5-10,13H,4,11-12,14H2,1-3H3. The zero-order valence-corrected chi connectivity index (χ0v) is 16.7. The molecule has 0 radical (unpaired) electrons. The van der Waals surface area contributed by atoms with Crippen molar-refractivity contribution >= 4 is 27.5 Å². The summed E-state index contributed by atoms with van der Waals surface area (Å²) in [4.78, 5) is 19.2. The van der Waals surface area contributed by atoms with Crippen LogP contribution in [0.25, 0.3) is 10.2 Å². The lowest BCUT2D eigenvalue weighted by Gasteiger charge is -2.21. The number of carbonyl (C=O) groups excluding carboxylic acids is 1. The second kappa shape index (κ2) is 8.86. The molecule has 1 heterocycles. The van der Waals surface area contributed by atoms with Crippen molar-refractivity contribution in [3.63, 3.8) is 0 Å². The lowest BCUT2D eigenvalue weighted by atomic mass is 10.1. The molecule has 5 nitrogen and oxygen atoms in total. The van der Waals surface area contributed by atoms with E-state index < -0.39 is 0 Å². The summed E-state index contributed by atoms with van der Waals surface area (Å²) in [6.45, 7) is 3.21. The topological polar surface area (TPSA) is 51.7 Å². The highest BCUT2D eigenvalue weighted by Crippen LogP contribution is 2.28. The van der Waals surface area contributed by atoms with Gasteiger partial charge in [-0.25, -0.2) is 4.98 Å². The lowest BCUT2D eigenvalue weighted by Crippen LogP contribution is -2.30. The fourth-order valence-corrected chi connectivity index (χ4v) is 3.94. The van der Waals surface area contributed by atoms with Crippen molar-refractivity contribution in [3.05, 3.63) is 53.0 Å². The van der Waals surface area contributed by atoms with Crippen LogP contribution in [0.5, 0.6) is 11.5 Å². The number of carbonyl (C=O) groups is 1. The molecule has 0 spiro atoms. The maximum atomic E-state index is 12.7. The first kappa shape index (κ1) is 19.2. The SMILES string of the molecule is CCN(Cc1ccc(OC)c(OC)c1)C(=O)CCc1nc2ccccc2s1. The molecule has 0 N–H and O–H groups in total. The summed E-state index contributed by atoms with van der Waals surface area (Å²) in [7, 11) is 3.23. The van der Waals surface area contributed by atoms with Gasteiger partial charge in [-0.1, -0.05) is 18.2 Å². The van der Waals surface area contributed by atoms with Gasteiger partial charge in [0.25, 0.3) is 0 Å². The van der Waals surface area contributed by atoms with E-state index >= 15 is 0 Å². The first-order valence-electron chi connectivity index (χ1n) is 8.97. The summed E-state index contributed by atoms with van der Waals surface area (Å²) in [5.74, 6) is 1.49. The second-order valence-corrected chi connectivity index (χ2v) is 7.29. The van der Waals surface area contributed by atoms with E-state index in [4.69, 9.17) is 9.47 Å². The molecule has 0 atom stereocenters. The van der Waals surface area contributed by atoms with E-state index in [-0.39, 0.29) is 5.91 Å². The van der Waals surface area contributed by atoms with Crippen LogP contribution in [-0.4, -0.2) is 36.6 Å². The highest BCUT2D eigenvalue weighted by molar-refractivity contribution is 7.18. The largest absolute Gasteiger partial charge is 0.493 e. The van der Waals surface area contributed by atoms with Gasteiger partial charge in [-0.15, -0.1) is 11.3 Å². The first-order chi connectivity index (χ1) is 13.1. The first-order valence-corrected chi connectivity index (χ1v) is 9.79. The van der Waals surface area contributed by atoms with Gasteiger partial charge in [0.2, 0.25) is 5.91 Å². The monoisotopic (exact) mass is 384 g/mol. The number of nitrogens with zero attached hydrogens (tertiary/aromatic N) is 2. The predicted molar refractivity (Wildman–Crippen MR) is 109 cm³/mol. The zero-order chi connectivity index (χ0) is 19.2. The van der Waals surface area contributed by atoms with Crippen LogP contribution in [0.1, 0.15) is 23.9 Å². The molecule has 0 aliphatic carbocycles. The maximum Gasteiger partial charge on any atom is 0.223 e. The molecule has 3 rings (SSSR count). The molecule has 2 aromatic carbocycles. The van der Waals surface area contributed by atoms with Crippen molar-refractivity contribution < 1.29 is 14.3 Å². The Labute approximate surface area is 163 Å². The van der Waals surface area contributed by atoms with Gasteiger partial charge in [0.05, 0.1) is 29.4 Å². The van der Waals surface area contributed by atoms with Crippen LogP contribution < -0.4 is 9.47 Å². The number of hydrogen-bond acceptors (Lipinski definition) is 5. The minimum Gasteiger partial charge on any atom is -0.493 e. The fraction of sp³-hybridized carbons (Fsp3) is 0.333. The second-order valence-electron chi connectivity index (χ2n) is 6.17. The Morgan fingerprint density at radius 3 is 2.59 bits per heavy atom.